The van der Waals surface area contributed by atoms with E-state index in [1.165, 1.54) is 0 Å². The molecule has 1 aliphatic carbocycles. The van der Waals surface area contributed by atoms with Gasteiger partial charge in [-0.15, -0.1) is 0 Å². The Balaban J connectivity index is 1.84. The third-order valence-electron chi connectivity index (χ3n) is 4.04. The molecule has 2 unspecified atom stereocenters. The van der Waals surface area contributed by atoms with Gasteiger partial charge in [0.05, 0.1) is 23.5 Å². The van der Waals surface area contributed by atoms with Gasteiger partial charge in [0.15, 0.2) is 5.65 Å². The van der Waals surface area contributed by atoms with E-state index in [1.807, 2.05) is 20.0 Å². The van der Waals surface area contributed by atoms with Crippen LogP contribution >= 0.6 is 0 Å². The number of carbonyl (C=O) groups excluding carboxylic acids is 1. The number of pyridine rings is 1. The summed E-state index contributed by atoms with van der Waals surface area (Å²) in [5.74, 6) is -0.0848. The van der Waals surface area contributed by atoms with Gasteiger partial charge >= 0.3 is 0 Å². The van der Waals surface area contributed by atoms with Crippen molar-refractivity contribution in [2.45, 2.75) is 32.2 Å². The van der Waals surface area contributed by atoms with Crippen LogP contribution in [0.1, 0.15) is 25.0 Å². The van der Waals surface area contributed by atoms with Crippen molar-refractivity contribution in [1.82, 2.24) is 14.8 Å². The Morgan fingerprint density at radius 1 is 1.50 bits per heavy atom. The van der Waals surface area contributed by atoms with Crippen LogP contribution < -0.4 is 11.1 Å². The molecule has 106 valence electrons. The van der Waals surface area contributed by atoms with E-state index in [1.54, 1.807) is 10.9 Å². The van der Waals surface area contributed by atoms with Crippen molar-refractivity contribution in [3.8, 4) is 0 Å². The van der Waals surface area contributed by atoms with Crippen LogP contribution in [0.4, 0.5) is 5.69 Å². The van der Waals surface area contributed by atoms with Crippen LogP contribution in [0.5, 0.6) is 0 Å². The van der Waals surface area contributed by atoms with Gasteiger partial charge in [-0.25, -0.2) is 4.98 Å². The lowest BCUT2D eigenvalue weighted by Crippen LogP contribution is -2.34. The number of aryl methyl sites for hydroxylation is 2. The Hall–Kier alpha value is -1.95. The first kappa shape index (κ1) is 13.1. The van der Waals surface area contributed by atoms with E-state index in [0.29, 0.717) is 5.69 Å². The van der Waals surface area contributed by atoms with Gasteiger partial charge in [-0.2, -0.15) is 5.10 Å². The number of fused-ring (bicyclic) bond motifs is 1. The van der Waals surface area contributed by atoms with Crippen LogP contribution in [0, 0.1) is 12.8 Å². The zero-order chi connectivity index (χ0) is 14.3. The Morgan fingerprint density at radius 2 is 2.30 bits per heavy atom. The summed E-state index contributed by atoms with van der Waals surface area (Å²) in [6.45, 7) is 1.93. The third-order valence-corrected chi connectivity index (χ3v) is 4.04. The fraction of sp³-hybridized carbons (Fsp3) is 0.500. The van der Waals surface area contributed by atoms with Crippen molar-refractivity contribution in [1.29, 1.82) is 0 Å². The lowest BCUT2D eigenvalue weighted by Gasteiger charge is -2.15. The van der Waals surface area contributed by atoms with Crippen LogP contribution in [-0.2, 0) is 11.8 Å². The fourth-order valence-electron chi connectivity index (χ4n) is 2.93. The maximum absolute atomic E-state index is 12.2. The number of nitrogens with one attached hydrogen (secondary N) is 1. The number of rotatable bonds is 2. The molecule has 2 heterocycles. The Morgan fingerprint density at radius 3 is 3.00 bits per heavy atom. The SMILES string of the molecule is Cc1nn(C)c2ncc(NC(=O)C3CCCC3N)cc12. The monoisotopic (exact) mass is 273 g/mol. The zero-order valence-electron chi connectivity index (χ0n) is 11.8. The molecule has 0 bridgehead atoms. The number of nitrogens with zero attached hydrogens (tertiary/aromatic N) is 3. The highest BCUT2D eigenvalue weighted by Gasteiger charge is 2.30. The van der Waals surface area contributed by atoms with Crippen molar-refractivity contribution in [2.75, 3.05) is 5.32 Å². The van der Waals surface area contributed by atoms with E-state index in [4.69, 9.17) is 5.73 Å². The fourth-order valence-corrected chi connectivity index (χ4v) is 2.93. The minimum absolute atomic E-state index is 0.00214. The molecule has 1 fully saturated rings. The molecule has 2 aromatic heterocycles. The predicted octanol–water partition coefficient (Wildman–Crippen LogP) is 1.34. The average molecular weight is 273 g/mol. The summed E-state index contributed by atoms with van der Waals surface area (Å²) in [6, 6.07) is 1.90. The number of aromatic nitrogens is 3. The van der Waals surface area contributed by atoms with Crippen molar-refractivity contribution < 1.29 is 4.79 Å². The summed E-state index contributed by atoms with van der Waals surface area (Å²) < 4.78 is 1.74. The molecule has 20 heavy (non-hydrogen) atoms. The molecule has 2 atom stereocenters. The minimum Gasteiger partial charge on any atom is -0.327 e. The summed E-state index contributed by atoms with van der Waals surface area (Å²) in [5, 5.41) is 8.21. The first-order valence-electron chi connectivity index (χ1n) is 6.92. The standard InChI is InChI=1S/C14H19N5O/c1-8-11-6-9(7-16-13(11)19(2)18-8)17-14(20)10-4-3-5-12(10)15/h6-7,10,12H,3-5,15H2,1-2H3,(H,17,20). The molecule has 6 heteroatoms. The highest BCUT2D eigenvalue weighted by atomic mass is 16.1. The van der Waals surface area contributed by atoms with Gasteiger partial charge in [0.1, 0.15) is 0 Å². The molecule has 1 aliphatic rings. The lowest BCUT2D eigenvalue weighted by molar-refractivity contribution is -0.120. The number of anilines is 1. The highest BCUT2D eigenvalue weighted by molar-refractivity contribution is 5.95. The normalized spacial score (nSPS) is 22.4. The molecule has 3 rings (SSSR count). The van der Waals surface area contributed by atoms with Gasteiger partial charge < -0.3 is 11.1 Å². The van der Waals surface area contributed by atoms with Gasteiger partial charge in [-0.3, -0.25) is 9.48 Å². The molecular formula is C14H19N5O. The van der Waals surface area contributed by atoms with Crippen molar-refractivity contribution in [3.05, 3.63) is 18.0 Å². The van der Waals surface area contributed by atoms with E-state index in [9.17, 15) is 4.79 Å². The Kier molecular flexibility index (Phi) is 3.17. The van der Waals surface area contributed by atoms with E-state index >= 15 is 0 Å². The number of carbonyl (C=O) groups is 1. The maximum Gasteiger partial charge on any atom is 0.229 e. The average Bonchev–Trinajstić information content (AvgIpc) is 2.95. The molecule has 0 aromatic carbocycles. The van der Waals surface area contributed by atoms with Crippen LogP contribution in [-0.4, -0.2) is 26.7 Å². The summed E-state index contributed by atoms with van der Waals surface area (Å²) in [6.07, 6.45) is 4.49. The third kappa shape index (κ3) is 2.16. The second kappa shape index (κ2) is 4.86. The predicted molar refractivity (Wildman–Crippen MR) is 77.2 cm³/mol. The van der Waals surface area contributed by atoms with Crippen LogP contribution in [0.3, 0.4) is 0 Å². The number of nitrogens with two attached hydrogens (primary N) is 1. The topological polar surface area (TPSA) is 85.8 Å². The van der Waals surface area contributed by atoms with Gasteiger partial charge in [-0.1, -0.05) is 6.42 Å². The largest absolute Gasteiger partial charge is 0.327 e. The van der Waals surface area contributed by atoms with Crippen molar-refractivity contribution >= 4 is 22.6 Å². The molecule has 0 aliphatic heterocycles. The second-order valence-electron chi connectivity index (χ2n) is 5.49. The molecule has 1 saturated carbocycles. The summed E-state index contributed by atoms with van der Waals surface area (Å²) in [5.41, 5.74) is 8.39. The van der Waals surface area contributed by atoms with Gasteiger partial charge in [0.25, 0.3) is 0 Å². The van der Waals surface area contributed by atoms with E-state index in [0.717, 1.165) is 36.0 Å². The first-order chi connectivity index (χ1) is 9.56. The van der Waals surface area contributed by atoms with Gasteiger partial charge in [-0.05, 0) is 25.8 Å². The van der Waals surface area contributed by atoms with Crippen LogP contribution in [0.15, 0.2) is 12.3 Å². The van der Waals surface area contributed by atoms with E-state index < -0.39 is 0 Å². The first-order valence-corrected chi connectivity index (χ1v) is 6.92. The summed E-state index contributed by atoms with van der Waals surface area (Å²) >= 11 is 0. The molecule has 2 aromatic rings. The lowest BCUT2D eigenvalue weighted by atomic mass is 10.0. The van der Waals surface area contributed by atoms with Crippen LogP contribution in [0.2, 0.25) is 0 Å². The molecule has 3 N–H and O–H groups in total. The summed E-state index contributed by atoms with van der Waals surface area (Å²) in [4.78, 5) is 16.6. The van der Waals surface area contributed by atoms with E-state index in [-0.39, 0.29) is 17.9 Å². The van der Waals surface area contributed by atoms with Gasteiger partial charge in [0, 0.05) is 18.5 Å². The highest BCUT2D eigenvalue weighted by Crippen LogP contribution is 2.26. The number of hydrogen-bond acceptors (Lipinski definition) is 4. The quantitative estimate of drug-likeness (QED) is 0.864. The molecule has 0 spiro atoms. The van der Waals surface area contributed by atoms with Gasteiger partial charge in [0.2, 0.25) is 5.91 Å². The Labute approximate surface area is 117 Å². The Bertz CT molecular complexity index is 663. The molecular weight excluding hydrogens is 254 g/mol. The van der Waals surface area contributed by atoms with E-state index in [2.05, 4.69) is 15.4 Å². The maximum atomic E-state index is 12.2. The smallest absolute Gasteiger partial charge is 0.229 e. The number of amides is 1. The summed E-state index contributed by atoms with van der Waals surface area (Å²) in [7, 11) is 1.86. The minimum atomic E-state index is -0.0827. The van der Waals surface area contributed by atoms with Crippen molar-refractivity contribution in [2.24, 2.45) is 18.7 Å². The number of hydrogen-bond donors (Lipinski definition) is 2. The molecule has 0 radical (unpaired) electrons. The zero-order valence-corrected chi connectivity index (χ0v) is 11.8. The van der Waals surface area contributed by atoms with Crippen molar-refractivity contribution in [3.63, 3.8) is 0 Å². The van der Waals surface area contributed by atoms with Crippen LogP contribution in [0.25, 0.3) is 11.0 Å². The molecule has 0 saturated heterocycles. The molecule has 6 nitrogen and oxygen atoms in total. The molecule has 1 amide bonds. The second-order valence-corrected chi connectivity index (χ2v) is 5.49.